The molecule has 0 amide bonds. The van der Waals surface area contributed by atoms with E-state index in [9.17, 15) is 0 Å². The first-order chi connectivity index (χ1) is 49.5. The molecule has 0 spiro atoms. The number of para-hydroxylation sites is 2. The minimum Gasteiger partial charge on any atom is -0.256 e. The minimum atomic E-state index is 0.970. The van der Waals surface area contributed by atoms with Crippen LogP contribution >= 0.6 is 0 Å². The normalized spacial score (nSPS) is 11.6. The van der Waals surface area contributed by atoms with Crippen molar-refractivity contribution in [2.75, 3.05) is 0 Å². The Hall–Kier alpha value is -13.3. The molecule has 0 saturated heterocycles. The number of benzene rings is 16. The highest BCUT2D eigenvalue weighted by Crippen LogP contribution is 2.45. The van der Waals surface area contributed by atoms with Gasteiger partial charge >= 0.3 is 0 Å². The van der Waals surface area contributed by atoms with Crippen molar-refractivity contribution in [3.05, 3.63) is 364 Å². The maximum Gasteiger partial charge on any atom is 0.0794 e. The Bertz CT molecular complexity index is 6640. The van der Waals surface area contributed by atoms with Gasteiger partial charge in [-0.3, -0.25) is 9.97 Å². The summed E-state index contributed by atoms with van der Waals surface area (Å²) < 4.78 is 0. The third-order valence-corrected chi connectivity index (χ3v) is 20.1. The Labute approximate surface area is 578 Å². The Morgan fingerprint density at radius 2 is 0.520 bits per heavy atom. The molecule has 0 aliphatic carbocycles. The molecule has 0 fully saturated rings. The van der Waals surface area contributed by atoms with E-state index in [-0.39, 0.29) is 0 Å². The predicted octanol–water partition coefficient (Wildman–Crippen LogP) is 25.8. The Balaban J connectivity index is 0.000000139. The Morgan fingerprint density at radius 1 is 0.170 bits per heavy atom. The second-order valence-electron chi connectivity index (χ2n) is 26.0. The summed E-state index contributed by atoms with van der Waals surface area (Å²) >= 11 is 0. The lowest BCUT2D eigenvalue weighted by molar-refractivity contribution is 1.41. The first kappa shape index (κ1) is 58.1. The molecule has 4 aromatic heterocycles. The number of pyridine rings is 4. The van der Waals surface area contributed by atoms with Crippen LogP contribution < -0.4 is 0 Å². The van der Waals surface area contributed by atoms with Crippen LogP contribution in [-0.4, -0.2) is 19.9 Å². The number of aromatic nitrogens is 4. The summed E-state index contributed by atoms with van der Waals surface area (Å²) in [4.78, 5) is 20.3. The van der Waals surface area contributed by atoms with Crippen molar-refractivity contribution in [1.82, 2.24) is 19.9 Å². The molecule has 20 rings (SSSR count). The molecule has 4 nitrogen and oxygen atoms in total. The molecule has 100 heavy (non-hydrogen) atoms. The molecule has 4 heteroatoms. The van der Waals surface area contributed by atoms with Crippen molar-refractivity contribution in [2.24, 2.45) is 0 Å². The van der Waals surface area contributed by atoms with Crippen molar-refractivity contribution < 1.29 is 0 Å². The van der Waals surface area contributed by atoms with Gasteiger partial charge in [0, 0.05) is 67.0 Å². The molecule has 0 radical (unpaired) electrons. The van der Waals surface area contributed by atoms with Crippen molar-refractivity contribution in [2.45, 2.75) is 0 Å². The van der Waals surface area contributed by atoms with Crippen LogP contribution in [0, 0.1) is 0 Å². The molecule has 0 unspecified atom stereocenters. The van der Waals surface area contributed by atoms with E-state index in [0.29, 0.717) is 0 Å². The summed E-state index contributed by atoms with van der Waals surface area (Å²) in [5.41, 5.74) is 22.2. The Morgan fingerprint density at radius 3 is 1.01 bits per heavy atom. The molecule has 464 valence electrons. The van der Waals surface area contributed by atoms with Gasteiger partial charge in [-0.25, -0.2) is 9.97 Å². The molecule has 0 N–H and O–H groups in total. The van der Waals surface area contributed by atoms with Gasteiger partial charge in [0.15, 0.2) is 0 Å². The molecule has 0 bridgehead atoms. The van der Waals surface area contributed by atoms with E-state index in [1.54, 1.807) is 0 Å². The summed E-state index contributed by atoms with van der Waals surface area (Å²) in [6, 6.07) is 127. The second-order valence-corrected chi connectivity index (χ2v) is 26.0. The zero-order valence-corrected chi connectivity index (χ0v) is 54.4. The van der Waals surface area contributed by atoms with E-state index in [2.05, 4.69) is 340 Å². The SMILES string of the molecule is c1ccc2cc(-c3cc(-c4ccc5ccccc5c4)c4cc(-c5ccc(-c6cccc7cccnc67)cc5)c5ccccc5c4n3)ccc2c1.c1ccc2cc(-c3cc(-c4ccc5ccccc5c4)c4cc(-c5ccc(-c6cnc7ccccc7c6)cc5)c5ccccc5c4n3)ccc2c1. The van der Waals surface area contributed by atoms with Crippen molar-refractivity contribution in [3.8, 4) is 89.3 Å². The van der Waals surface area contributed by atoms with Crippen molar-refractivity contribution >= 4 is 108 Å². The van der Waals surface area contributed by atoms with Crippen LogP contribution in [0.25, 0.3) is 198 Å². The van der Waals surface area contributed by atoms with Gasteiger partial charge in [0.2, 0.25) is 0 Å². The van der Waals surface area contributed by atoms with E-state index in [1.165, 1.54) is 98.4 Å². The molecule has 0 saturated carbocycles. The van der Waals surface area contributed by atoms with Gasteiger partial charge in [-0.15, -0.1) is 0 Å². The fraction of sp³-hybridized carbons (Fsp3) is 0. The second kappa shape index (κ2) is 24.4. The standard InChI is InChI=1S/2C48H30N2/c1-3-11-35-25-37(23-19-31(35)9-1)44-29-47(39-24-20-32-10-2-4-12-36(32)26-39)50-48-42-15-7-6-14-41(42)43(28-45(44)48)34-21-17-33(18-22-34)40-27-38-13-5-8-16-46(38)49-30-40;1-3-11-36-27-38(24-18-31(36)9-1)44-30-46(39-25-19-32-10-2-4-12-37(32)28-39)50-48-42-16-6-5-15-41(42)43(29-45(44)48)34-22-20-33(21-23-34)40-17-7-13-35-14-8-26-49-47(35)40/h2*1-30H. The number of nitrogens with zero attached hydrogens (tertiary/aromatic N) is 4. The van der Waals surface area contributed by atoms with Gasteiger partial charge in [-0.1, -0.05) is 285 Å². The first-order valence-electron chi connectivity index (χ1n) is 34.1. The fourth-order valence-electron chi connectivity index (χ4n) is 15.0. The molecule has 16 aromatic carbocycles. The van der Waals surface area contributed by atoms with Crippen LogP contribution in [0.3, 0.4) is 0 Å². The van der Waals surface area contributed by atoms with Crippen molar-refractivity contribution in [3.63, 3.8) is 0 Å². The molecule has 0 aliphatic rings. The van der Waals surface area contributed by atoms with Crippen LogP contribution in [0.4, 0.5) is 0 Å². The predicted molar refractivity (Wildman–Crippen MR) is 423 cm³/mol. The summed E-state index contributed by atoms with van der Waals surface area (Å²) in [6.07, 6.45) is 3.84. The summed E-state index contributed by atoms with van der Waals surface area (Å²) in [5.74, 6) is 0. The third kappa shape index (κ3) is 10.5. The number of hydrogen-bond acceptors (Lipinski definition) is 4. The van der Waals surface area contributed by atoms with Gasteiger partial charge in [0.25, 0.3) is 0 Å². The first-order valence-corrected chi connectivity index (χ1v) is 34.1. The van der Waals surface area contributed by atoms with E-state index in [0.717, 1.165) is 99.2 Å². The fourth-order valence-corrected chi connectivity index (χ4v) is 15.0. The summed E-state index contributed by atoms with van der Waals surface area (Å²) in [6.45, 7) is 0. The van der Waals surface area contributed by atoms with Gasteiger partial charge in [0.05, 0.1) is 33.5 Å². The average molecular weight is 1270 g/mol. The van der Waals surface area contributed by atoms with Crippen LogP contribution in [0.2, 0.25) is 0 Å². The smallest absolute Gasteiger partial charge is 0.0794 e. The molecule has 20 aromatic rings. The van der Waals surface area contributed by atoms with Crippen molar-refractivity contribution in [1.29, 1.82) is 0 Å². The molecule has 0 atom stereocenters. The van der Waals surface area contributed by atoms with Crippen LogP contribution in [0.1, 0.15) is 0 Å². The minimum absolute atomic E-state index is 0.970. The molecular formula is C96H60N4. The summed E-state index contributed by atoms with van der Waals surface area (Å²) in [7, 11) is 0. The zero-order valence-electron chi connectivity index (χ0n) is 54.4. The highest BCUT2D eigenvalue weighted by atomic mass is 14.7. The lowest BCUT2D eigenvalue weighted by Crippen LogP contribution is -1.94. The highest BCUT2D eigenvalue weighted by Gasteiger charge is 2.20. The van der Waals surface area contributed by atoms with Crippen LogP contribution in [0.15, 0.2) is 364 Å². The molecule has 4 heterocycles. The van der Waals surface area contributed by atoms with E-state index in [4.69, 9.17) is 19.9 Å². The molecule has 0 aliphatic heterocycles. The number of hydrogen-bond donors (Lipinski definition) is 0. The van der Waals surface area contributed by atoms with E-state index >= 15 is 0 Å². The largest absolute Gasteiger partial charge is 0.256 e. The topological polar surface area (TPSA) is 51.6 Å². The van der Waals surface area contributed by atoms with Gasteiger partial charge in [0.1, 0.15) is 0 Å². The summed E-state index contributed by atoms with van der Waals surface area (Å²) in [5, 5.41) is 19.0. The lowest BCUT2D eigenvalue weighted by Gasteiger charge is -2.16. The average Bonchev–Trinajstić information content (AvgIpc) is 0.742. The van der Waals surface area contributed by atoms with E-state index < -0.39 is 0 Å². The quantitative estimate of drug-likeness (QED) is 0.142. The molecular weight excluding hydrogens is 1210 g/mol. The highest BCUT2D eigenvalue weighted by molar-refractivity contribution is 6.18. The Kier molecular flexibility index (Phi) is 14.2. The third-order valence-electron chi connectivity index (χ3n) is 20.1. The van der Waals surface area contributed by atoms with Gasteiger partial charge in [-0.05, 0) is 176 Å². The number of fused-ring (bicyclic) bond motifs is 12. The van der Waals surface area contributed by atoms with Gasteiger partial charge in [-0.2, -0.15) is 0 Å². The lowest BCUT2D eigenvalue weighted by atomic mass is 9.90. The van der Waals surface area contributed by atoms with Crippen LogP contribution in [-0.2, 0) is 0 Å². The maximum atomic E-state index is 5.44. The number of rotatable bonds is 8. The van der Waals surface area contributed by atoms with E-state index in [1.807, 2.05) is 24.5 Å². The maximum absolute atomic E-state index is 5.44. The van der Waals surface area contributed by atoms with Gasteiger partial charge < -0.3 is 0 Å². The van der Waals surface area contributed by atoms with Crippen LogP contribution in [0.5, 0.6) is 0 Å². The zero-order chi connectivity index (χ0) is 66.0. The monoisotopic (exact) mass is 1270 g/mol.